The Balaban J connectivity index is -0.0000000450. The largest absolute Gasteiger partial charge is 2.00 e. The third-order valence-electron chi connectivity index (χ3n) is 0. The van der Waals surface area contributed by atoms with Crippen molar-refractivity contribution >= 4 is 54.7 Å². The van der Waals surface area contributed by atoms with Crippen molar-refractivity contribution < 1.29 is 65.4 Å². The van der Waals surface area contributed by atoms with E-state index in [1.165, 1.54) is 0 Å². The first kappa shape index (κ1) is 15.9. The summed E-state index contributed by atoms with van der Waals surface area (Å²) in [6.45, 7) is 0. The van der Waals surface area contributed by atoms with Gasteiger partial charge in [0.25, 0.3) is 0 Å². The normalized spacial score (nSPS) is 4.00. The summed E-state index contributed by atoms with van der Waals surface area (Å²) in [6, 6.07) is 0. The predicted molar refractivity (Wildman–Crippen MR) is 12.2 cm³/mol. The van der Waals surface area contributed by atoms with Gasteiger partial charge in [-0.15, -0.1) is 0 Å². The van der Waals surface area contributed by atoms with Crippen molar-refractivity contribution in [2.75, 3.05) is 0 Å². The van der Waals surface area contributed by atoms with E-state index in [1.807, 2.05) is 0 Å². The van der Waals surface area contributed by atoms with Crippen LogP contribution in [0.4, 0.5) is 0 Å². The molecule has 0 rings (SSSR count). The fourth-order valence-corrected chi connectivity index (χ4v) is 0. The second-order valence-corrected chi connectivity index (χ2v) is 0.750. The Bertz CT molecular complexity index is 33.8. The van der Waals surface area contributed by atoms with Crippen molar-refractivity contribution in [2.24, 2.45) is 0 Å². The van der Waals surface area contributed by atoms with Crippen LogP contribution in [-0.2, 0) is 4.46 Å². The molecule has 0 aliphatic carbocycles. The molecule has 6 heavy (non-hydrogen) atoms. The van der Waals surface area contributed by atoms with Gasteiger partial charge in [0.1, 0.15) is 0 Å². The van der Waals surface area contributed by atoms with Crippen LogP contribution in [0.2, 0.25) is 0 Å². The Hall–Kier alpha value is 2.73. The van der Waals surface area contributed by atoms with Crippen molar-refractivity contribution in [3.63, 3.8) is 0 Å². The molecule has 3 nitrogen and oxygen atoms in total. The molecule has 0 aliphatic heterocycles. The van der Waals surface area contributed by atoms with Crippen molar-refractivity contribution in [1.82, 2.24) is 0 Å². The molecule has 0 spiro atoms. The van der Waals surface area contributed by atoms with Gasteiger partial charge in [0.15, 0.2) is 0 Å². The van der Waals surface area contributed by atoms with Crippen molar-refractivity contribution in [3.8, 4) is 0 Å². The molecule has 0 saturated heterocycles. The molecule has 0 radical (unpaired) electrons. The fraction of sp³-hybridized carbons (Fsp3) is 0. The van der Waals surface area contributed by atoms with Crippen LogP contribution in [0, 0.1) is 0 Å². The Labute approximate surface area is 117 Å². The van der Waals surface area contributed by atoms with Gasteiger partial charge in [0.05, 0.1) is 0 Å². The minimum Gasteiger partial charge on any atom is -0.672 e. The van der Waals surface area contributed by atoms with Gasteiger partial charge < -0.3 is 14.1 Å². The maximum atomic E-state index is 8.52. The van der Waals surface area contributed by atoms with E-state index in [1.54, 1.807) is 0 Å². The standard InChI is InChI=1S/K.O3Si.Sr/c;1-4(2)3;/q+1;-2;+2. The molecule has 0 unspecified atom stereocenters. The predicted octanol–water partition coefficient (Wildman–Crippen LogP) is -6.25. The minimum atomic E-state index is -3.63. The molecule has 0 bridgehead atoms. The van der Waals surface area contributed by atoms with Gasteiger partial charge in [0.2, 0.25) is 0 Å². The molecule has 0 aromatic heterocycles. The van der Waals surface area contributed by atoms with Crippen molar-refractivity contribution in [1.29, 1.82) is 0 Å². The Morgan fingerprint density at radius 2 is 1.33 bits per heavy atom. The van der Waals surface area contributed by atoms with Gasteiger partial charge in [-0.3, -0.25) is 0 Å². The summed E-state index contributed by atoms with van der Waals surface area (Å²) in [5.74, 6) is 0. The second kappa shape index (κ2) is 10.7. The SMILES string of the molecule is O=[Si]([O-])[O-].[K+].[Sr+2]. The maximum absolute atomic E-state index is 8.52. The summed E-state index contributed by atoms with van der Waals surface area (Å²) >= 11 is 0. The van der Waals surface area contributed by atoms with E-state index < -0.39 is 9.17 Å². The maximum Gasteiger partial charge on any atom is 2.00 e. The quantitative estimate of drug-likeness (QED) is 0.368. The van der Waals surface area contributed by atoms with Gasteiger partial charge >= 0.3 is 96.9 Å². The van der Waals surface area contributed by atoms with Crippen LogP contribution in [0.3, 0.4) is 0 Å². The molecule has 0 aliphatic rings. The van der Waals surface area contributed by atoms with E-state index in [9.17, 15) is 0 Å². The zero-order valence-corrected chi connectivity index (χ0v) is 11.0. The first-order valence-electron chi connectivity index (χ1n) is 0.612. The topological polar surface area (TPSA) is 63.2 Å². The van der Waals surface area contributed by atoms with Crippen LogP contribution in [-0.4, -0.2) is 54.7 Å². The Morgan fingerprint density at radius 1 is 1.33 bits per heavy atom. The summed E-state index contributed by atoms with van der Waals surface area (Å²) in [5, 5.41) is 0. The van der Waals surface area contributed by atoms with E-state index >= 15 is 0 Å². The second-order valence-electron chi connectivity index (χ2n) is 0.250. The van der Waals surface area contributed by atoms with Gasteiger partial charge in [-0.2, -0.15) is 0 Å². The van der Waals surface area contributed by atoms with E-state index in [0.29, 0.717) is 0 Å². The molecule has 0 N–H and O–H groups in total. The Morgan fingerprint density at radius 3 is 1.33 bits per heavy atom. The summed E-state index contributed by atoms with van der Waals surface area (Å²) < 4.78 is 8.52. The fourth-order valence-electron chi connectivity index (χ4n) is 0. The molecule has 0 aromatic carbocycles. The monoisotopic (exact) mass is 203 g/mol. The summed E-state index contributed by atoms with van der Waals surface area (Å²) in [6.07, 6.45) is 0. The van der Waals surface area contributed by atoms with Crippen LogP contribution in [0.25, 0.3) is 0 Å². The molecule has 0 saturated carbocycles. The number of hydrogen-bond donors (Lipinski definition) is 0. The third-order valence-corrected chi connectivity index (χ3v) is 0. The van der Waals surface area contributed by atoms with Crippen LogP contribution < -0.4 is 61.0 Å². The van der Waals surface area contributed by atoms with Crippen LogP contribution >= 0.6 is 0 Å². The number of hydrogen-bond acceptors (Lipinski definition) is 3. The van der Waals surface area contributed by atoms with Gasteiger partial charge in [0, 0.05) is 9.17 Å². The molecule has 24 valence electrons. The molecule has 0 fully saturated rings. The average Bonchev–Trinajstić information content (AvgIpc) is 0.811. The minimum absolute atomic E-state index is 0. The van der Waals surface area contributed by atoms with Crippen LogP contribution in [0.1, 0.15) is 0 Å². The average molecular weight is 203 g/mol. The third kappa shape index (κ3) is 29.6. The summed E-state index contributed by atoms with van der Waals surface area (Å²) in [4.78, 5) is 17.0. The number of rotatable bonds is 0. The molecule has 6 heteroatoms. The molecule has 0 aromatic rings. The molecular weight excluding hydrogens is 203 g/mol. The smallest absolute Gasteiger partial charge is 0.672 e. The molecule has 0 amide bonds. The first-order valence-corrected chi connectivity index (χ1v) is 1.84. The zero-order valence-electron chi connectivity index (χ0n) is 3.43. The summed E-state index contributed by atoms with van der Waals surface area (Å²) in [7, 11) is -3.63. The van der Waals surface area contributed by atoms with E-state index in [0.717, 1.165) is 0 Å². The van der Waals surface area contributed by atoms with E-state index in [2.05, 4.69) is 0 Å². The zero-order chi connectivity index (χ0) is 3.58. The first-order chi connectivity index (χ1) is 1.73. The Kier molecular flexibility index (Phi) is 28.2. The molecule has 0 atom stereocenters. The van der Waals surface area contributed by atoms with E-state index in [-0.39, 0.29) is 96.9 Å². The van der Waals surface area contributed by atoms with Gasteiger partial charge in [-0.1, -0.05) is 0 Å². The van der Waals surface area contributed by atoms with Crippen molar-refractivity contribution in [2.45, 2.75) is 0 Å². The summed E-state index contributed by atoms with van der Waals surface area (Å²) in [5.41, 5.74) is 0. The van der Waals surface area contributed by atoms with Gasteiger partial charge in [-0.05, 0) is 0 Å². The van der Waals surface area contributed by atoms with Crippen molar-refractivity contribution in [3.05, 3.63) is 0 Å². The van der Waals surface area contributed by atoms with E-state index in [4.69, 9.17) is 14.1 Å². The van der Waals surface area contributed by atoms with Crippen LogP contribution in [0.5, 0.6) is 0 Å². The van der Waals surface area contributed by atoms with Gasteiger partial charge in [-0.25, -0.2) is 0 Å². The molecular formula is KO3SiSr+. The van der Waals surface area contributed by atoms with Crippen LogP contribution in [0.15, 0.2) is 0 Å². The molecule has 0 heterocycles.